The molecule has 8 heteroatoms. The Kier molecular flexibility index (Phi) is 8.51. The van der Waals surface area contributed by atoms with Crippen molar-refractivity contribution >= 4 is 23.7 Å². The van der Waals surface area contributed by atoms with Crippen LogP contribution in [-0.2, 0) is 11.2 Å². The van der Waals surface area contributed by atoms with E-state index < -0.39 is 34.8 Å². The molecular formula is C29H22O8. The third-order valence-electron chi connectivity index (χ3n) is 5.32. The van der Waals surface area contributed by atoms with E-state index in [9.17, 15) is 29.4 Å². The molecule has 186 valence electrons. The summed E-state index contributed by atoms with van der Waals surface area (Å²) >= 11 is 0. The number of aromatic carboxylic acids is 2. The zero-order valence-electron chi connectivity index (χ0n) is 19.4. The number of hydrogen-bond donors (Lipinski definition) is 4. The van der Waals surface area contributed by atoms with E-state index in [1.54, 1.807) is 48.5 Å². The minimum absolute atomic E-state index is 0.0986. The predicted molar refractivity (Wildman–Crippen MR) is 135 cm³/mol. The third-order valence-corrected chi connectivity index (χ3v) is 5.32. The van der Waals surface area contributed by atoms with Gasteiger partial charge >= 0.3 is 17.9 Å². The van der Waals surface area contributed by atoms with Crippen molar-refractivity contribution in [2.45, 2.75) is 6.42 Å². The molecule has 0 saturated heterocycles. The zero-order chi connectivity index (χ0) is 26.9. The van der Waals surface area contributed by atoms with Crippen LogP contribution in [0.1, 0.15) is 42.2 Å². The SMILES string of the molecule is O=C(O)Cc1cccc(O)c1-c1ccccc1.O=C(O)c1cccc(C(=O)c2ccccc2)c1C(=O)O. The minimum Gasteiger partial charge on any atom is -0.507 e. The van der Waals surface area contributed by atoms with Crippen molar-refractivity contribution in [2.75, 3.05) is 0 Å². The first-order chi connectivity index (χ1) is 17.7. The lowest BCUT2D eigenvalue weighted by atomic mass is 9.94. The molecular weight excluding hydrogens is 476 g/mol. The zero-order valence-corrected chi connectivity index (χ0v) is 19.4. The Morgan fingerprint density at radius 3 is 1.73 bits per heavy atom. The lowest BCUT2D eigenvalue weighted by Crippen LogP contribution is -2.15. The first kappa shape index (κ1) is 26.4. The van der Waals surface area contributed by atoms with Gasteiger partial charge in [-0.3, -0.25) is 9.59 Å². The number of carboxylic acid groups (broad SMARTS) is 3. The fraction of sp³-hybridized carbons (Fsp3) is 0.0345. The van der Waals surface area contributed by atoms with Gasteiger partial charge in [-0.25, -0.2) is 9.59 Å². The van der Waals surface area contributed by atoms with Crippen molar-refractivity contribution in [3.05, 3.63) is 125 Å². The smallest absolute Gasteiger partial charge is 0.337 e. The van der Waals surface area contributed by atoms with Gasteiger partial charge in [-0.15, -0.1) is 0 Å². The summed E-state index contributed by atoms with van der Waals surface area (Å²) in [6.45, 7) is 0. The molecule has 0 unspecified atom stereocenters. The summed E-state index contributed by atoms with van der Waals surface area (Å²) in [5, 5.41) is 36.9. The molecule has 8 nitrogen and oxygen atoms in total. The van der Waals surface area contributed by atoms with Gasteiger partial charge in [0, 0.05) is 16.7 Å². The average Bonchev–Trinajstić information content (AvgIpc) is 2.89. The summed E-state index contributed by atoms with van der Waals surface area (Å²) in [5.74, 6) is -4.15. The number of rotatable bonds is 7. The normalized spacial score (nSPS) is 10.1. The highest BCUT2D eigenvalue weighted by Gasteiger charge is 2.24. The van der Waals surface area contributed by atoms with Crippen LogP contribution >= 0.6 is 0 Å². The molecule has 0 atom stereocenters. The molecule has 0 aliphatic rings. The number of carboxylic acids is 3. The molecule has 37 heavy (non-hydrogen) atoms. The molecule has 0 aliphatic heterocycles. The van der Waals surface area contributed by atoms with Crippen LogP contribution in [0.4, 0.5) is 0 Å². The summed E-state index contributed by atoms with van der Waals surface area (Å²) in [6.07, 6.45) is -0.0986. The van der Waals surface area contributed by atoms with Crippen molar-refractivity contribution in [1.29, 1.82) is 0 Å². The summed E-state index contributed by atoms with van der Waals surface area (Å²) in [7, 11) is 0. The fourth-order valence-corrected chi connectivity index (χ4v) is 3.73. The molecule has 4 aromatic carbocycles. The van der Waals surface area contributed by atoms with E-state index in [2.05, 4.69) is 0 Å². The highest BCUT2D eigenvalue weighted by Crippen LogP contribution is 2.32. The van der Waals surface area contributed by atoms with Gasteiger partial charge in [0.25, 0.3) is 0 Å². The number of carbonyl (C=O) groups is 4. The van der Waals surface area contributed by atoms with Crippen LogP contribution in [0, 0.1) is 0 Å². The van der Waals surface area contributed by atoms with Gasteiger partial charge in [0.1, 0.15) is 5.75 Å². The molecule has 0 bridgehead atoms. The topological polar surface area (TPSA) is 149 Å². The molecule has 0 spiro atoms. The fourth-order valence-electron chi connectivity index (χ4n) is 3.73. The van der Waals surface area contributed by atoms with E-state index in [1.807, 2.05) is 30.3 Å². The lowest BCUT2D eigenvalue weighted by Gasteiger charge is -2.10. The minimum atomic E-state index is -1.44. The molecule has 0 amide bonds. The molecule has 0 aromatic heterocycles. The van der Waals surface area contributed by atoms with Crippen LogP contribution < -0.4 is 0 Å². The van der Waals surface area contributed by atoms with Crippen molar-refractivity contribution in [3.63, 3.8) is 0 Å². The number of hydrogen-bond acceptors (Lipinski definition) is 5. The van der Waals surface area contributed by atoms with Crippen LogP contribution in [0.2, 0.25) is 0 Å². The molecule has 0 fully saturated rings. The molecule has 0 heterocycles. The third kappa shape index (κ3) is 6.46. The second-order valence-corrected chi connectivity index (χ2v) is 7.78. The standard InChI is InChI=1S/C15H10O5.C14H12O3/c16-13(9-5-2-1-3-6-9)10-7-4-8-11(14(17)18)12(10)15(19)20;15-12-8-4-7-11(9-13(16)17)14(12)10-5-2-1-3-6-10/h1-8H,(H,17,18)(H,19,20);1-8,15H,9H2,(H,16,17). The molecule has 0 aliphatic carbocycles. The largest absolute Gasteiger partial charge is 0.507 e. The summed E-state index contributed by atoms with van der Waals surface area (Å²) in [5.41, 5.74) is 1.30. The van der Waals surface area contributed by atoms with Gasteiger partial charge in [-0.1, -0.05) is 84.9 Å². The quantitative estimate of drug-likeness (QED) is 0.260. The second-order valence-electron chi connectivity index (χ2n) is 7.78. The Balaban J connectivity index is 0.000000208. The van der Waals surface area contributed by atoms with E-state index in [0.717, 1.165) is 11.6 Å². The molecule has 4 N–H and O–H groups in total. The Hall–Kier alpha value is -5.24. The van der Waals surface area contributed by atoms with Gasteiger partial charge in [0.05, 0.1) is 17.5 Å². The Morgan fingerprint density at radius 2 is 1.16 bits per heavy atom. The van der Waals surface area contributed by atoms with Gasteiger partial charge in [0.2, 0.25) is 0 Å². The average molecular weight is 498 g/mol. The van der Waals surface area contributed by atoms with Crippen LogP contribution in [0.25, 0.3) is 11.1 Å². The van der Waals surface area contributed by atoms with E-state index in [4.69, 9.17) is 10.2 Å². The number of aromatic hydroxyl groups is 1. The molecule has 0 saturated carbocycles. The van der Waals surface area contributed by atoms with Crippen LogP contribution in [0.3, 0.4) is 0 Å². The second kappa shape index (κ2) is 11.9. The number of phenolic OH excluding ortho intramolecular Hbond substituents is 1. The van der Waals surface area contributed by atoms with E-state index in [0.29, 0.717) is 16.7 Å². The maximum Gasteiger partial charge on any atom is 0.337 e. The number of phenols is 1. The first-order valence-electron chi connectivity index (χ1n) is 11.0. The predicted octanol–water partition coefficient (Wildman–Crippen LogP) is 5.00. The van der Waals surface area contributed by atoms with Gasteiger partial charge in [0.15, 0.2) is 5.78 Å². The number of benzene rings is 4. The van der Waals surface area contributed by atoms with E-state index in [-0.39, 0.29) is 17.7 Å². The Morgan fingerprint density at radius 1 is 0.595 bits per heavy atom. The van der Waals surface area contributed by atoms with Gasteiger partial charge in [-0.2, -0.15) is 0 Å². The van der Waals surface area contributed by atoms with Crippen molar-refractivity contribution in [2.24, 2.45) is 0 Å². The van der Waals surface area contributed by atoms with Crippen molar-refractivity contribution in [1.82, 2.24) is 0 Å². The summed E-state index contributed by atoms with van der Waals surface area (Å²) in [6, 6.07) is 26.1. The molecule has 0 radical (unpaired) electrons. The van der Waals surface area contributed by atoms with Gasteiger partial charge < -0.3 is 20.4 Å². The lowest BCUT2D eigenvalue weighted by molar-refractivity contribution is -0.136. The summed E-state index contributed by atoms with van der Waals surface area (Å²) in [4.78, 5) is 45.4. The van der Waals surface area contributed by atoms with Crippen LogP contribution in [0.15, 0.2) is 97.1 Å². The number of carbonyl (C=O) groups excluding carboxylic acids is 1. The highest BCUT2D eigenvalue weighted by atomic mass is 16.4. The van der Waals surface area contributed by atoms with Crippen molar-refractivity contribution < 1.29 is 39.6 Å². The maximum atomic E-state index is 12.3. The van der Waals surface area contributed by atoms with E-state index >= 15 is 0 Å². The first-order valence-corrected chi connectivity index (χ1v) is 11.0. The highest BCUT2D eigenvalue weighted by molar-refractivity contribution is 6.17. The monoisotopic (exact) mass is 498 g/mol. The van der Waals surface area contributed by atoms with Crippen molar-refractivity contribution in [3.8, 4) is 16.9 Å². The number of aliphatic carboxylic acids is 1. The van der Waals surface area contributed by atoms with Gasteiger partial charge in [-0.05, 0) is 23.3 Å². The Bertz CT molecular complexity index is 1440. The maximum absolute atomic E-state index is 12.3. The molecule has 4 aromatic rings. The van der Waals surface area contributed by atoms with Crippen LogP contribution in [-0.4, -0.2) is 44.1 Å². The summed E-state index contributed by atoms with van der Waals surface area (Å²) < 4.78 is 0. The number of ketones is 1. The Labute approximate surface area is 211 Å². The van der Waals surface area contributed by atoms with E-state index in [1.165, 1.54) is 12.1 Å². The van der Waals surface area contributed by atoms with Crippen LogP contribution in [0.5, 0.6) is 5.75 Å². The molecule has 4 rings (SSSR count).